The predicted molar refractivity (Wildman–Crippen MR) is 169 cm³/mol. The number of hydrogen-bond acceptors (Lipinski definition) is 5. The number of benzene rings is 2. The van der Waals surface area contributed by atoms with Crippen molar-refractivity contribution < 1.29 is 14.7 Å². The lowest BCUT2D eigenvalue weighted by molar-refractivity contribution is 0.0847. The topological polar surface area (TPSA) is 66.4 Å². The summed E-state index contributed by atoms with van der Waals surface area (Å²) in [6, 6.07) is 15.3. The molecule has 39 heavy (non-hydrogen) atoms. The van der Waals surface area contributed by atoms with Gasteiger partial charge in [0.2, 0.25) is 0 Å². The van der Waals surface area contributed by atoms with Gasteiger partial charge in [0.15, 0.2) is 5.78 Å². The van der Waals surface area contributed by atoms with E-state index in [1.54, 1.807) is 47.8 Å². The van der Waals surface area contributed by atoms with Crippen molar-refractivity contribution in [1.29, 1.82) is 0 Å². The number of carbonyl (C=O) groups is 2. The number of ketones is 1. The molecule has 2 N–H and O–H groups in total. The van der Waals surface area contributed by atoms with Crippen LogP contribution in [0.1, 0.15) is 73.7 Å². The minimum atomic E-state index is -0.540. The highest BCUT2D eigenvalue weighted by Crippen LogP contribution is 2.28. The Labute approximate surface area is 243 Å². The van der Waals surface area contributed by atoms with E-state index in [-0.39, 0.29) is 17.6 Å². The molecule has 2 unspecified atom stereocenters. The van der Waals surface area contributed by atoms with Crippen LogP contribution in [0.4, 0.5) is 0 Å². The summed E-state index contributed by atoms with van der Waals surface area (Å²) in [4.78, 5) is 28.7. The second-order valence-electron chi connectivity index (χ2n) is 10.6. The van der Waals surface area contributed by atoms with E-state index >= 15 is 0 Å². The molecule has 210 valence electrons. The van der Waals surface area contributed by atoms with Crippen LogP contribution in [0.2, 0.25) is 0 Å². The molecule has 0 aliphatic rings. The van der Waals surface area contributed by atoms with Gasteiger partial charge in [-0.25, -0.2) is 0 Å². The predicted octanol–water partition coefficient (Wildman–Crippen LogP) is 8.02. The number of thioether (sulfide) groups is 2. The van der Waals surface area contributed by atoms with Crippen LogP contribution < -0.4 is 5.32 Å². The fraction of sp³-hybridized carbons (Fsp3) is 0.394. The fourth-order valence-electron chi connectivity index (χ4n) is 3.81. The SMILES string of the molecule is C=C/C(C)=C\C=C(/C)SCC(CSc1ccc(C)cc1)C(=O)c1ccc(C(=O)NC(C)(C)CC(O)CC)cc1. The van der Waals surface area contributed by atoms with E-state index in [9.17, 15) is 14.7 Å². The average molecular weight is 566 g/mol. The van der Waals surface area contributed by atoms with Crippen LogP contribution in [0.25, 0.3) is 0 Å². The summed E-state index contributed by atoms with van der Waals surface area (Å²) in [6.07, 6.45) is 6.55. The third-order valence-electron chi connectivity index (χ3n) is 6.36. The van der Waals surface area contributed by atoms with Gasteiger partial charge in [0.25, 0.3) is 5.91 Å². The Morgan fingerprint density at radius 1 is 1.00 bits per heavy atom. The highest BCUT2D eigenvalue weighted by atomic mass is 32.2. The van der Waals surface area contributed by atoms with Gasteiger partial charge in [-0.1, -0.05) is 67.1 Å². The van der Waals surface area contributed by atoms with Crippen molar-refractivity contribution in [2.75, 3.05) is 11.5 Å². The molecule has 2 rings (SSSR count). The van der Waals surface area contributed by atoms with Crippen molar-refractivity contribution in [2.45, 2.75) is 70.9 Å². The zero-order valence-corrected chi connectivity index (χ0v) is 25.8. The van der Waals surface area contributed by atoms with Crippen molar-refractivity contribution in [2.24, 2.45) is 5.92 Å². The van der Waals surface area contributed by atoms with E-state index in [0.717, 1.165) is 15.4 Å². The molecule has 4 nitrogen and oxygen atoms in total. The van der Waals surface area contributed by atoms with Gasteiger partial charge in [0, 0.05) is 39.0 Å². The van der Waals surface area contributed by atoms with Crippen LogP contribution in [0.15, 0.2) is 88.7 Å². The Bertz CT molecular complexity index is 1160. The maximum absolute atomic E-state index is 13.6. The standard InChI is InChI=1S/C33H43NO3S2/c1-8-23(3)10-13-25(5)38-21-28(22-39-30-18-11-24(4)12-19-30)31(36)26-14-16-27(17-15-26)32(37)34-33(6,7)20-29(35)9-2/h8,10-19,28-29,35H,1,9,20-22H2,2-7H3,(H,34,37)/b23-10-,25-13+. The molecular weight excluding hydrogens is 523 g/mol. The van der Waals surface area contributed by atoms with Crippen LogP contribution in [0.3, 0.4) is 0 Å². The summed E-state index contributed by atoms with van der Waals surface area (Å²) in [5.41, 5.74) is 2.85. The number of aryl methyl sites for hydroxylation is 1. The molecule has 2 aromatic carbocycles. The van der Waals surface area contributed by atoms with Crippen molar-refractivity contribution in [3.05, 3.63) is 101 Å². The highest BCUT2D eigenvalue weighted by Gasteiger charge is 2.25. The molecular formula is C33H43NO3S2. The van der Waals surface area contributed by atoms with E-state index in [0.29, 0.717) is 35.5 Å². The molecule has 0 saturated heterocycles. The first kappa shape index (κ1) is 32.7. The summed E-state index contributed by atoms with van der Waals surface area (Å²) in [7, 11) is 0. The van der Waals surface area contributed by atoms with Gasteiger partial charge < -0.3 is 10.4 Å². The number of aliphatic hydroxyl groups excluding tert-OH is 1. The lowest BCUT2D eigenvalue weighted by Gasteiger charge is -2.28. The summed E-state index contributed by atoms with van der Waals surface area (Å²) >= 11 is 3.37. The number of Topliss-reactive ketones (excluding diaryl/α,β-unsaturated/α-hetero) is 1. The van der Waals surface area contributed by atoms with Crippen molar-refractivity contribution >= 4 is 35.2 Å². The molecule has 1 amide bonds. The summed E-state index contributed by atoms with van der Waals surface area (Å²) in [6.45, 7) is 15.6. The maximum Gasteiger partial charge on any atom is 0.251 e. The van der Waals surface area contributed by atoms with E-state index < -0.39 is 11.6 Å². The Morgan fingerprint density at radius 3 is 2.21 bits per heavy atom. The quantitative estimate of drug-likeness (QED) is 0.130. The van der Waals surface area contributed by atoms with E-state index in [1.807, 2.05) is 39.8 Å². The normalized spacial score (nSPS) is 14.0. The third kappa shape index (κ3) is 11.6. The average Bonchev–Trinajstić information content (AvgIpc) is 2.91. The number of carbonyl (C=O) groups excluding carboxylic acids is 2. The van der Waals surface area contributed by atoms with Crippen LogP contribution >= 0.6 is 23.5 Å². The zero-order chi connectivity index (χ0) is 29.0. The first-order valence-corrected chi connectivity index (χ1v) is 15.4. The molecule has 0 heterocycles. The van der Waals surface area contributed by atoms with Crippen LogP contribution in [0, 0.1) is 12.8 Å². The Morgan fingerprint density at radius 2 is 1.62 bits per heavy atom. The van der Waals surface area contributed by atoms with Gasteiger partial charge in [0.1, 0.15) is 0 Å². The first-order valence-electron chi connectivity index (χ1n) is 13.4. The number of allylic oxidation sites excluding steroid dienone is 5. The number of nitrogens with one attached hydrogen (secondary N) is 1. The van der Waals surface area contributed by atoms with Crippen LogP contribution in [0.5, 0.6) is 0 Å². The molecule has 0 saturated carbocycles. The number of hydrogen-bond donors (Lipinski definition) is 2. The van der Waals surface area contributed by atoms with Crippen molar-refractivity contribution in [3.8, 4) is 0 Å². The van der Waals surface area contributed by atoms with Gasteiger partial charge >= 0.3 is 0 Å². The summed E-state index contributed by atoms with van der Waals surface area (Å²) < 4.78 is 0. The molecule has 6 heteroatoms. The fourth-order valence-corrected chi connectivity index (χ4v) is 5.85. The zero-order valence-electron chi connectivity index (χ0n) is 24.1. The molecule has 2 aromatic rings. The lowest BCUT2D eigenvalue weighted by Crippen LogP contribution is -2.45. The van der Waals surface area contributed by atoms with Gasteiger partial charge in [-0.15, -0.1) is 23.5 Å². The van der Waals surface area contributed by atoms with E-state index in [4.69, 9.17) is 0 Å². The largest absolute Gasteiger partial charge is 0.393 e. The maximum atomic E-state index is 13.6. The molecule has 0 bridgehead atoms. The third-order valence-corrected chi connectivity index (χ3v) is 8.69. The van der Waals surface area contributed by atoms with Crippen LogP contribution in [-0.4, -0.2) is 39.9 Å². The number of rotatable bonds is 15. The van der Waals surface area contributed by atoms with E-state index in [2.05, 4.69) is 56.1 Å². The molecule has 0 radical (unpaired) electrons. The minimum Gasteiger partial charge on any atom is -0.393 e. The number of aliphatic hydroxyl groups is 1. The van der Waals surface area contributed by atoms with Crippen LogP contribution in [-0.2, 0) is 0 Å². The van der Waals surface area contributed by atoms with Gasteiger partial charge in [-0.05, 0) is 76.6 Å². The van der Waals surface area contributed by atoms with Gasteiger partial charge in [-0.3, -0.25) is 9.59 Å². The van der Waals surface area contributed by atoms with Crippen molar-refractivity contribution in [3.63, 3.8) is 0 Å². The molecule has 2 atom stereocenters. The highest BCUT2D eigenvalue weighted by molar-refractivity contribution is 8.03. The molecule has 0 fully saturated rings. The van der Waals surface area contributed by atoms with Crippen molar-refractivity contribution in [1.82, 2.24) is 5.32 Å². The lowest BCUT2D eigenvalue weighted by atomic mass is 9.94. The van der Waals surface area contributed by atoms with E-state index in [1.165, 1.54) is 5.56 Å². The Kier molecular flexibility index (Phi) is 13.3. The summed E-state index contributed by atoms with van der Waals surface area (Å²) in [5.74, 6) is 0.999. The molecule has 0 aliphatic heterocycles. The molecule has 0 aliphatic carbocycles. The molecule has 0 aromatic heterocycles. The smallest absolute Gasteiger partial charge is 0.251 e. The van der Waals surface area contributed by atoms with Gasteiger partial charge in [0.05, 0.1) is 6.10 Å². The Balaban J connectivity index is 2.15. The molecule has 0 spiro atoms. The second-order valence-corrected chi connectivity index (χ2v) is 12.9. The number of amides is 1. The second kappa shape index (κ2) is 15.9. The minimum absolute atomic E-state index is 0.0751. The first-order chi connectivity index (χ1) is 18.4. The summed E-state index contributed by atoms with van der Waals surface area (Å²) in [5, 5.41) is 13.0. The Hall–Kier alpha value is -2.54. The van der Waals surface area contributed by atoms with Gasteiger partial charge in [-0.2, -0.15) is 0 Å². The monoisotopic (exact) mass is 565 g/mol.